The summed E-state index contributed by atoms with van der Waals surface area (Å²) in [7, 11) is 1.56. The molecule has 6 nitrogen and oxygen atoms in total. The molecule has 0 heterocycles. The third-order valence-corrected chi connectivity index (χ3v) is 2.67. The van der Waals surface area contributed by atoms with E-state index in [0.29, 0.717) is 29.4 Å². The summed E-state index contributed by atoms with van der Waals surface area (Å²) in [6.45, 7) is 1.15. The summed E-state index contributed by atoms with van der Waals surface area (Å²) >= 11 is 5.81. The number of carbonyl (C=O) groups is 2. The number of halogens is 1. The molecular weight excluding hydrogens is 282 g/mol. The van der Waals surface area contributed by atoms with Crippen LogP contribution in [0.5, 0.6) is 0 Å². The maximum atomic E-state index is 11.8. The predicted octanol–water partition coefficient (Wildman–Crippen LogP) is 0.805. The van der Waals surface area contributed by atoms with E-state index in [2.05, 4.69) is 10.6 Å². The Kier molecular flexibility index (Phi) is 6.83. The van der Waals surface area contributed by atoms with Crippen LogP contribution >= 0.6 is 11.6 Å². The van der Waals surface area contributed by atoms with Gasteiger partial charge >= 0.3 is 0 Å². The van der Waals surface area contributed by atoms with E-state index in [9.17, 15) is 9.59 Å². The Hall–Kier alpha value is -1.79. The van der Waals surface area contributed by atoms with Crippen LogP contribution in [0.1, 0.15) is 16.8 Å². The summed E-state index contributed by atoms with van der Waals surface area (Å²) in [6, 6.07) is 4.60. The van der Waals surface area contributed by atoms with Gasteiger partial charge in [0.25, 0.3) is 5.91 Å². The Labute approximate surface area is 122 Å². The van der Waals surface area contributed by atoms with Crippen molar-refractivity contribution in [1.82, 2.24) is 10.6 Å². The average molecular weight is 300 g/mol. The molecule has 0 unspecified atom stereocenters. The minimum absolute atomic E-state index is 0.145. The minimum Gasteiger partial charge on any atom is -0.399 e. The number of methoxy groups -OCH3 is 1. The number of hydrogen-bond donors (Lipinski definition) is 3. The second-order valence-corrected chi connectivity index (χ2v) is 4.56. The summed E-state index contributed by atoms with van der Waals surface area (Å²) in [5.41, 5.74) is 6.39. The lowest BCUT2D eigenvalue weighted by molar-refractivity contribution is -0.121. The fraction of sp³-hybridized carbons (Fsp3) is 0.385. The van der Waals surface area contributed by atoms with E-state index < -0.39 is 0 Å². The van der Waals surface area contributed by atoms with Crippen LogP contribution in [0.2, 0.25) is 5.02 Å². The van der Waals surface area contributed by atoms with Crippen molar-refractivity contribution in [3.05, 3.63) is 28.8 Å². The van der Waals surface area contributed by atoms with Gasteiger partial charge in [0.05, 0.1) is 6.61 Å². The number of ether oxygens (including phenoxy) is 1. The molecule has 0 atom stereocenters. The summed E-state index contributed by atoms with van der Waals surface area (Å²) in [5, 5.41) is 5.68. The van der Waals surface area contributed by atoms with Crippen molar-refractivity contribution in [2.24, 2.45) is 0 Å². The molecule has 0 aliphatic rings. The molecule has 0 aliphatic heterocycles. The zero-order chi connectivity index (χ0) is 15.0. The molecule has 0 saturated carbocycles. The highest BCUT2D eigenvalue weighted by molar-refractivity contribution is 6.31. The van der Waals surface area contributed by atoms with E-state index >= 15 is 0 Å². The number of nitrogen functional groups attached to an aromatic ring is 1. The van der Waals surface area contributed by atoms with E-state index in [-0.39, 0.29) is 24.8 Å². The second kappa shape index (κ2) is 8.39. The first-order valence-electron chi connectivity index (χ1n) is 6.13. The molecule has 0 saturated heterocycles. The van der Waals surface area contributed by atoms with Crippen LogP contribution in [-0.2, 0) is 9.53 Å². The van der Waals surface area contributed by atoms with Gasteiger partial charge in [-0.2, -0.15) is 0 Å². The van der Waals surface area contributed by atoms with Crippen molar-refractivity contribution >= 4 is 29.1 Å². The summed E-state index contributed by atoms with van der Waals surface area (Å²) in [4.78, 5) is 23.2. The summed E-state index contributed by atoms with van der Waals surface area (Å²) in [5.74, 6) is -0.461. The highest BCUT2D eigenvalue weighted by Crippen LogP contribution is 2.16. The van der Waals surface area contributed by atoms with Gasteiger partial charge in [-0.15, -0.1) is 0 Å². The summed E-state index contributed by atoms with van der Waals surface area (Å²) < 4.78 is 4.81. The Bertz CT molecular complexity index is 460. The number of anilines is 1. The van der Waals surface area contributed by atoms with Gasteiger partial charge in [-0.05, 0) is 18.2 Å². The number of nitrogens with two attached hydrogens (primary N) is 1. The van der Waals surface area contributed by atoms with Crippen LogP contribution in [0.3, 0.4) is 0 Å². The third-order valence-electron chi connectivity index (χ3n) is 2.45. The zero-order valence-corrected chi connectivity index (χ0v) is 12.0. The van der Waals surface area contributed by atoms with Crippen LogP contribution in [0, 0.1) is 0 Å². The van der Waals surface area contributed by atoms with Crippen LogP contribution in [0.25, 0.3) is 0 Å². The molecule has 7 heteroatoms. The highest BCUT2D eigenvalue weighted by Gasteiger charge is 2.08. The first-order chi connectivity index (χ1) is 9.52. The van der Waals surface area contributed by atoms with Gasteiger partial charge in [0.2, 0.25) is 5.91 Å². The zero-order valence-electron chi connectivity index (χ0n) is 11.2. The molecular formula is C13H18ClN3O3. The first-order valence-corrected chi connectivity index (χ1v) is 6.50. The predicted molar refractivity (Wildman–Crippen MR) is 77.7 cm³/mol. The van der Waals surface area contributed by atoms with Crippen molar-refractivity contribution < 1.29 is 14.3 Å². The Morgan fingerprint density at radius 1 is 1.25 bits per heavy atom. The van der Waals surface area contributed by atoms with E-state index in [1.165, 1.54) is 12.1 Å². The summed E-state index contributed by atoms with van der Waals surface area (Å²) in [6.07, 6.45) is 0.200. The molecule has 0 bridgehead atoms. The monoisotopic (exact) mass is 299 g/mol. The van der Waals surface area contributed by atoms with Crippen molar-refractivity contribution in [3.63, 3.8) is 0 Å². The first kappa shape index (κ1) is 16.3. The lowest BCUT2D eigenvalue weighted by atomic mass is 10.2. The Morgan fingerprint density at radius 3 is 2.65 bits per heavy atom. The minimum atomic E-state index is -0.316. The molecule has 0 aliphatic carbocycles. The van der Waals surface area contributed by atoms with E-state index in [4.69, 9.17) is 22.1 Å². The Balaban J connectivity index is 2.34. The number of amides is 2. The number of carbonyl (C=O) groups excluding carboxylic acids is 2. The molecule has 0 fully saturated rings. The SMILES string of the molecule is COCCNC(=O)CCNC(=O)c1cc(N)cc(Cl)c1. The van der Waals surface area contributed by atoms with Gasteiger partial charge in [-0.1, -0.05) is 11.6 Å². The molecule has 1 rings (SSSR count). The number of rotatable bonds is 7. The van der Waals surface area contributed by atoms with Crippen molar-refractivity contribution in [3.8, 4) is 0 Å². The van der Waals surface area contributed by atoms with Gasteiger partial charge in [0.1, 0.15) is 0 Å². The molecule has 0 radical (unpaired) electrons. The van der Waals surface area contributed by atoms with Crippen molar-refractivity contribution in [1.29, 1.82) is 0 Å². The number of benzene rings is 1. The molecule has 1 aromatic carbocycles. The topological polar surface area (TPSA) is 93.5 Å². The molecule has 20 heavy (non-hydrogen) atoms. The maximum absolute atomic E-state index is 11.8. The van der Waals surface area contributed by atoms with Crippen LogP contribution in [-0.4, -0.2) is 38.6 Å². The van der Waals surface area contributed by atoms with Gasteiger partial charge in [0, 0.05) is 42.9 Å². The molecule has 2 amide bonds. The van der Waals surface area contributed by atoms with E-state index in [0.717, 1.165) is 0 Å². The second-order valence-electron chi connectivity index (χ2n) is 4.12. The number of hydrogen-bond acceptors (Lipinski definition) is 4. The highest BCUT2D eigenvalue weighted by atomic mass is 35.5. The fourth-order valence-electron chi connectivity index (χ4n) is 1.52. The average Bonchev–Trinajstić information content (AvgIpc) is 2.37. The fourth-order valence-corrected chi connectivity index (χ4v) is 1.76. The maximum Gasteiger partial charge on any atom is 0.251 e. The van der Waals surface area contributed by atoms with Crippen molar-refractivity contribution in [2.45, 2.75) is 6.42 Å². The molecule has 1 aromatic rings. The van der Waals surface area contributed by atoms with Gasteiger partial charge in [-0.3, -0.25) is 9.59 Å². The van der Waals surface area contributed by atoms with E-state index in [1.54, 1.807) is 13.2 Å². The molecule has 0 spiro atoms. The van der Waals surface area contributed by atoms with E-state index in [1.807, 2.05) is 0 Å². The van der Waals surface area contributed by atoms with Gasteiger partial charge < -0.3 is 21.1 Å². The van der Waals surface area contributed by atoms with Crippen LogP contribution < -0.4 is 16.4 Å². The molecule has 0 aromatic heterocycles. The van der Waals surface area contributed by atoms with Crippen LogP contribution in [0.4, 0.5) is 5.69 Å². The lowest BCUT2D eigenvalue weighted by Crippen LogP contribution is -2.32. The standard InChI is InChI=1S/C13H18ClN3O3/c1-20-5-4-16-12(18)2-3-17-13(19)9-6-10(14)8-11(15)7-9/h6-8H,2-5,15H2,1H3,(H,16,18)(H,17,19). The van der Waals surface area contributed by atoms with Gasteiger partial charge in [-0.25, -0.2) is 0 Å². The lowest BCUT2D eigenvalue weighted by Gasteiger charge is -2.07. The Morgan fingerprint density at radius 2 is 2.00 bits per heavy atom. The van der Waals surface area contributed by atoms with Crippen LogP contribution in [0.15, 0.2) is 18.2 Å². The largest absolute Gasteiger partial charge is 0.399 e. The third kappa shape index (κ3) is 5.90. The number of nitrogens with one attached hydrogen (secondary N) is 2. The van der Waals surface area contributed by atoms with Crippen molar-refractivity contribution in [2.75, 3.05) is 32.5 Å². The quantitative estimate of drug-likeness (QED) is 0.513. The van der Waals surface area contributed by atoms with Gasteiger partial charge in [0.15, 0.2) is 0 Å². The molecule has 110 valence electrons. The normalized spacial score (nSPS) is 10.1. The smallest absolute Gasteiger partial charge is 0.251 e. The molecule has 4 N–H and O–H groups in total.